The quantitative estimate of drug-likeness (QED) is 0.816. The monoisotopic (exact) mass is 230 g/mol. The van der Waals surface area contributed by atoms with Gasteiger partial charge in [0.05, 0.1) is 0 Å². The highest BCUT2D eigenvalue weighted by atomic mass is 16.2. The lowest BCUT2D eigenvalue weighted by atomic mass is 10.1. The Kier molecular flexibility index (Phi) is 2.75. The summed E-state index contributed by atoms with van der Waals surface area (Å²) in [5.74, 6) is 0.160. The maximum absolute atomic E-state index is 12.1. The van der Waals surface area contributed by atoms with E-state index in [2.05, 4.69) is 16.7 Å². The van der Waals surface area contributed by atoms with Gasteiger partial charge in [-0.1, -0.05) is 31.0 Å². The van der Waals surface area contributed by atoms with Crippen LogP contribution in [-0.2, 0) is 11.2 Å². The molecular weight excluding hydrogens is 212 g/mol. The second-order valence-corrected chi connectivity index (χ2v) is 5.05. The molecule has 1 aliphatic heterocycles. The van der Waals surface area contributed by atoms with Crippen LogP contribution in [0.1, 0.15) is 31.2 Å². The fourth-order valence-corrected chi connectivity index (χ4v) is 2.83. The van der Waals surface area contributed by atoms with Gasteiger partial charge in [0, 0.05) is 18.2 Å². The van der Waals surface area contributed by atoms with Crippen molar-refractivity contribution < 1.29 is 4.79 Å². The predicted octanol–water partition coefficient (Wildman–Crippen LogP) is 2.08. The Balaban J connectivity index is 1.62. The van der Waals surface area contributed by atoms with E-state index >= 15 is 0 Å². The van der Waals surface area contributed by atoms with E-state index in [1.165, 1.54) is 18.4 Å². The summed E-state index contributed by atoms with van der Waals surface area (Å²) in [6, 6.07) is 8.49. The van der Waals surface area contributed by atoms with Gasteiger partial charge in [-0.15, -0.1) is 0 Å². The molecule has 1 saturated carbocycles. The number of amides is 1. The average Bonchev–Trinajstić information content (AvgIpc) is 2.96. The van der Waals surface area contributed by atoms with Crippen LogP contribution in [0.25, 0.3) is 0 Å². The van der Waals surface area contributed by atoms with E-state index in [1.807, 2.05) is 18.2 Å². The molecule has 1 amide bonds. The fourth-order valence-electron chi connectivity index (χ4n) is 2.83. The summed E-state index contributed by atoms with van der Waals surface area (Å²) < 4.78 is 0. The first kappa shape index (κ1) is 10.6. The lowest BCUT2D eigenvalue weighted by molar-refractivity contribution is -0.122. The summed E-state index contributed by atoms with van der Waals surface area (Å²) in [4.78, 5) is 12.1. The summed E-state index contributed by atoms with van der Waals surface area (Å²) >= 11 is 0. The molecule has 3 nitrogen and oxygen atoms in total. The minimum Gasteiger partial charge on any atom is -0.373 e. The van der Waals surface area contributed by atoms with E-state index in [0.717, 1.165) is 24.9 Å². The Morgan fingerprint density at radius 1 is 1.24 bits per heavy atom. The smallest absolute Gasteiger partial charge is 0.243 e. The third kappa shape index (κ3) is 2.14. The zero-order valence-corrected chi connectivity index (χ0v) is 9.91. The largest absolute Gasteiger partial charge is 0.373 e. The minimum absolute atomic E-state index is 0.0759. The highest BCUT2D eigenvalue weighted by Crippen LogP contribution is 2.25. The number of carbonyl (C=O) groups is 1. The Hall–Kier alpha value is -1.51. The molecule has 17 heavy (non-hydrogen) atoms. The number of benzene rings is 1. The Labute approximate surface area is 102 Å². The SMILES string of the molecule is O=C(NC1CCCC1)[C@@H]1Cc2ccccc2N1. The van der Waals surface area contributed by atoms with Gasteiger partial charge in [-0.3, -0.25) is 4.79 Å². The van der Waals surface area contributed by atoms with Crippen molar-refractivity contribution >= 4 is 11.6 Å². The zero-order chi connectivity index (χ0) is 11.7. The molecule has 1 fully saturated rings. The first-order valence-electron chi connectivity index (χ1n) is 6.48. The van der Waals surface area contributed by atoms with E-state index in [0.29, 0.717) is 6.04 Å². The summed E-state index contributed by atoms with van der Waals surface area (Å²) in [6.45, 7) is 0. The van der Waals surface area contributed by atoms with Crippen molar-refractivity contribution in [1.82, 2.24) is 5.32 Å². The Morgan fingerprint density at radius 2 is 2.00 bits per heavy atom. The predicted molar refractivity (Wildman–Crippen MR) is 68.0 cm³/mol. The molecule has 1 heterocycles. The van der Waals surface area contributed by atoms with Gasteiger partial charge in [-0.05, 0) is 24.5 Å². The third-order valence-corrected chi connectivity index (χ3v) is 3.79. The number of carbonyl (C=O) groups excluding carboxylic acids is 1. The van der Waals surface area contributed by atoms with Gasteiger partial charge in [0.2, 0.25) is 5.91 Å². The molecule has 3 rings (SSSR count). The number of para-hydroxylation sites is 1. The van der Waals surface area contributed by atoms with E-state index in [1.54, 1.807) is 0 Å². The fraction of sp³-hybridized carbons (Fsp3) is 0.500. The van der Waals surface area contributed by atoms with Crippen LogP contribution < -0.4 is 10.6 Å². The average molecular weight is 230 g/mol. The highest BCUT2D eigenvalue weighted by molar-refractivity contribution is 5.87. The number of hydrogen-bond acceptors (Lipinski definition) is 2. The van der Waals surface area contributed by atoms with Crippen LogP contribution in [0.3, 0.4) is 0 Å². The molecular formula is C14H18N2O. The third-order valence-electron chi connectivity index (χ3n) is 3.79. The molecule has 1 atom stereocenters. The maximum Gasteiger partial charge on any atom is 0.243 e. The van der Waals surface area contributed by atoms with Crippen LogP contribution in [0, 0.1) is 0 Å². The number of rotatable bonds is 2. The zero-order valence-electron chi connectivity index (χ0n) is 9.91. The summed E-state index contributed by atoms with van der Waals surface area (Å²) in [5.41, 5.74) is 2.36. The highest BCUT2D eigenvalue weighted by Gasteiger charge is 2.28. The molecule has 0 unspecified atom stereocenters. The molecule has 0 saturated heterocycles. The second-order valence-electron chi connectivity index (χ2n) is 5.05. The van der Waals surface area contributed by atoms with Crippen molar-refractivity contribution in [3.8, 4) is 0 Å². The van der Waals surface area contributed by atoms with Gasteiger partial charge in [-0.25, -0.2) is 0 Å². The van der Waals surface area contributed by atoms with Crippen molar-refractivity contribution in [3.63, 3.8) is 0 Å². The van der Waals surface area contributed by atoms with Gasteiger partial charge < -0.3 is 10.6 Å². The lowest BCUT2D eigenvalue weighted by Crippen LogP contribution is -2.42. The van der Waals surface area contributed by atoms with Crippen molar-refractivity contribution in [2.75, 3.05) is 5.32 Å². The number of anilines is 1. The molecule has 2 aliphatic rings. The normalized spacial score (nSPS) is 23.2. The second kappa shape index (κ2) is 4.40. The number of fused-ring (bicyclic) bond motifs is 1. The standard InChI is InChI=1S/C14H18N2O/c17-14(15-11-6-2-3-7-11)13-9-10-5-1-4-8-12(10)16-13/h1,4-5,8,11,13,16H,2-3,6-7,9H2,(H,15,17)/t13-/m0/s1. The van der Waals surface area contributed by atoms with Crippen LogP contribution in [0.4, 0.5) is 5.69 Å². The summed E-state index contributed by atoms with van der Waals surface area (Å²) in [6.07, 6.45) is 5.61. The van der Waals surface area contributed by atoms with Crippen molar-refractivity contribution in [3.05, 3.63) is 29.8 Å². The molecule has 0 radical (unpaired) electrons. The molecule has 1 aliphatic carbocycles. The Bertz CT molecular complexity index is 399. The topological polar surface area (TPSA) is 41.1 Å². The van der Waals surface area contributed by atoms with Crippen LogP contribution in [0.2, 0.25) is 0 Å². The van der Waals surface area contributed by atoms with Gasteiger partial charge in [0.25, 0.3) is 0 Å². The van der Waals surface area contributed by atoms with E-state index < -0.39 is 0 Å². The van der Waals surface area contributed by atoms with E-state index in [-0.39, 0.29) is 11.9 Å². The van der Waals surface area contributed by atoms with Crippen molar-refractivity contribution in [1.29, 1.82) is 0 Å². The first-order chi connectivity index (χ1) is 8.33. The molecule has 2 N–H and O–H groups in total. The van der Waals surface area contributed by atoms with Gasteiger partial charge in [0.15, 0.2) is 0 Å². The molecule has 90 valence electrons. The van der Waals surface area contributed by atoms with Gasteiger partial charge in [0.1, 0.15) is 6.04 Å². The Morgan fingerprint density at radius 3 is 2.76 bits per heavy atom. The molecule has 0 aromatic heterocycles. The summed E-state index contributed by atoms with van der Waals surface area (Å²) in [5, 5.41) is 6.45. The van der Waals surface area contributed by atoms with Crippen molar-refractivity contribution in [2.24, 2.45) is 0 Å². The molecule has 0 bridgehead atoms. The van der Waals surface area contributed by atoms with Gasteiger partial charge >= 0.3 is 0 Å². The van der Waals surface area contributed by atoms with Crippen LogP contribution >= 0.6 is 0 Å². The molecule has 3 heteroatoms. The van der Waals surface area contributed by atoms with E-state index in [4.69, 9.17) is 0 Å². The van der Waals surface area contributed by atoms with Crippen LogP contribution in [0.5, 0.6) is 0 Å². The van der Waals surface area contributed by atoms with E-state index in [9.17, 15) is 4.79 Å². The molecule has 1 aromatic carbocycles. The van der Waals surface area contributed by atoms with Crippen molar-refractivity contribution in [2.45, 2.75) is 44.2 Å². The minimum atomic E-state index is -0.0759. The number of hydrogen-bond donors (Lipinski definition) is 2. The number of nitrogens with one attached hydrogen (secondary N) is 2. The first-order valence-corrected chi connectivity index (χ1v) is 6.48. The molecule has 1 aromatic rings. The molecule has 0 spiro atoms. The maximum atomic E-state index is 12.1. The van der Waals surface area contributed by atoms with Gasteiger partial charge in [-0.2, -0.15) is 0 Å². The van der Waals surface area contributed by atoms with Crippen LogP contribution in [-0.4, -0.2) is 18.0 Å². The summed E-state index contributed by atoms with van der Waals surface area (Å²) in [7, 11) is 0. The van der Waals surface area contributed by atoms with Crippen LogP contribution in [0.15, 0.2) is 24.3 Å². The lowest BCUT2D eigenvalue weighted by Gasteiger charge is -2.16.